The van der Waals surface area contributed by atoms with Crippen molar-refractivity contribution in [3.63, 3.8) is 0 Å². The molecule has 1 N–H and O–H groups in total. The third-order valence-electron chi connectivity index (χ3n) is 3.46. The molecule has 0 radical (unpaired) electrons. The molecule has 0 fully saturated rings. The maximum Gasteiger partial charge on any atom is 0.338 e. The van der Waals surface area contributed by atoms with E-state index in [1.807, 2.05) is 0 Å². The maximum atomic E-state index is 12.3. The number of pyridine rings is 1. The van der Waals surface area contributed by atoms with Crippen LogP contribution < -0.4 is 5.32 Å². The van der Waals surface area contributed by atoms with Crippen molar-refractivity contribution in [3.05, 3.63) is 53.5 Å². The molecule has 1 aromatic carbocycles. The normalized spacial score (nSPS) is 11.9. The molecule has 0 aliphatic rings. The molecule has 0 saturated carbocycles. The second kappa shape index (κ2) is 7.31. The van der Waals surface area contributed by atoms with E-state index in [2.05, 4.69) is 15.3 Å². The van der Waals surface area contributed by atoms with Crippen LogP contribution in [0.15, 0.2) is 47.3 Å². The summed E-state index contributed by atoms with van der Waals surface area (Å²) >= 11 is 5.75. The molecular weight excluding hydrogens is 346 g/mol. The highest BCUT2D eigenvalue weighted by Gasteiger charge is 2.22. The number of oxazole rings is 1. The van der Waals surface area contributed by atoms with Crippen LogP contribution in [0.5, 0.6) is 0 Å². The van der Waals surface area contributed by atoms with Gasteiger partial charge in [-0.1, -0.05) is 18.5 Å². The Morgan fingerprint density at radius 1 is 1.28 bits per heavy atom. The molecule has 25 heavy (non-hydrogen) atoms. The standard InChI is InChI=1S/C17H14ClN3O4/c1-2-13(16(22)21-15-6-4-11(18)8-19-15)25-17(23)10-3-5-14-12(7-10)20-9-24-14/h3-9,13H,2H2,1H3,(H,19,21,22). The van der Waals surface area contributed by atoms with E-state index >= 15 is 0 Å². The van der Waals surface area contributed by atoms with Gasteiger partial charge < -0.3 is 14.5 Å². The van der Waals surface area contributed by atoms with Crippen LogP contribution in [0.1, 0.15) is 23.7 Å². The Morgan fingerprint density at radius 2 is 2.12 bits per heavy atom. The fourth-order valence-corrected chi connectivity index (χ4v) is 2.27. The van der Waals surface area contributed by atoms with Crippen LogP contribution in [0.25, 0.3) is 11.1 Å². The molecule has 1 amide bonds. The van der Waals surface area contributed by atoms with Crippen molar-refractivity contribution in [1.82, 2.24) is 9.97 Å². The Balaban J connectivity index is 1.68. The summed E-state index contributed by atoms with van der Waals surface area (Å²) in [5, 5.41) is 3.05. The number of hydrogen-bond donors (Lipinski definition) is 1. The summed E-state index contributed by atoms with van der Waals surface area (Å²) in [7, 11) is 0. The molecule has 1 atom stereocenters. The van der Waals surface area contributed by atoms with Crippen molar-refractivity contribution < 1.29 is 18.7 Å². The van der Waals surface area contributed by atoms with Crippen LogP contribution in [-0.4, -0.2) is 27.9 Å². The van der Waals surface area contributed by atoms with Crippen LogP contribution in [0.2, 0.25) is 5.02 Å². The Labute approximate surface area is 148 Å². The van der Waals surface area contributed by atoms with Gasteiger partial charge in [0.15, 0.2) is 18.1 Å². The summed E-state index contributed by atoms with van der Waals surface area (Å²) in [6.45, 7) is 1.74. The second-order valence-electron chi connectivity index (χ2n) is 5.19. The topological polar surface area (TPSA) is 94.3 Å². The maximum absolute atomic E-state index is 12.3. The highest BCUT2D eigenvalue weighted by atomic mass is 35.5. The largest absolute Gasteiger partial charge is 0.449 e. The lowest BCUT2D eigenvalue weighted by atomic mass is 10.2. The number of esters is 1. The predicted octanol–water partition coefficient (Wildman–Crippen LogP) is 3.45. The number of benzene rings is 1. The number of amides is 1. The molecule has 1 unspecified atom stereocenters. The summed E-state index contributed by atoms with van der Waals surface area (Å²) < 4.78 is 10.4. The number of nitrogens with one attached hydrogen (secondary N) is 1. The summed E-state index contributed by atoms with van der Waals surface area (Å²) in [6.07, 6.45) is 2.08. The summed E-state index contributed by atoms with van der Waals surface area (Å²) in [5.74, 6) is -0.753. The molecule has 3 rings (SSSR count). The molecule has 8 heteroatoms. The van der Waals surface area contributed by atoms with Gasteiger partial charge in [-0.15, -0.1) is 0 Å². The average molecular weight is 360 g/mol. The quantitative estimate of drug-likeness (QED) is 0.701. The van der Waals surface area contributed by atoms with Crippen LogP contribution in [0, 0.1) is 0 Å². The predicted molar refractivity (Wildman–Crippen MR) is 91.4 cm³/mol. The van der Waals surface area contributed by atoms with Gasteiger partial charge in [-0.05, 0) is 36.8 Å². The van der Waals surface area contributed by atoms with Crippen molar-refractivity contribution in [1.29, 1.82) is 0 Å². The molecule has 128 valence electrons. The molecule has 0 aliphatic carbocycles. The number of carbonyl (C=O) groups is 2. The first-order valence-corrected chi connectivity index (χ1v) is 7.91. The lowest BCUT2D eigenvalue weighted by molar-refractivity contribution is -0.124. The number of fused-ring (bicyclic) bond motifs is 1. The summed E-state index contributed by atoms with van der Waals surface area (Å²) in [4.78, 5) is 32.5. The minimum atomic E-state index is -0.946. The SMILES string of the molecule is CCC(OC(=O)c1ccc2ocnc2c1)C(=O)Nc1ccc(Cl)cn1. The van der Waals surface area contributed by atoms with Crippen molar-refractivity contribution in [2.24, 2.45) is 0 Å². The minimum Gasteiger partial charge on any atom is -0.449 e. The summed E-state index contributed by atoms with van der Waals surface area (Å²) in [5.41, 5.74) is 1.39. The zero-order valence-electron chi connectivity index (χ0n) is 13.2. The average Bonchev–Trinajstić information content (AvgIpc) is 3.09. The van der Waals surface area contributed by atoms with E-state index in [-0.39, 0.29) is 5.56 Å². The van der Waals surface area contributed by atoms with E-state index in [0.29, 0.717) is 28.4 Å². The van der Waals surface area contributed by atoms with Crippen molar-refractivity contribution in [2.45, 2.75) is 19.4 Å². The number of halogens is 1. The number of nitrogens with zero attached hydrogens (tertiary/aromatic N) is 2. The number of ether oxygens (including phenoxy) is 1. The molecule has 2 heterocycles. The highest BCUT2D eigenvalue weighted by Crippen LogP contribution is 2.16. The van der Waals surface area contributed by atoms with Gasteiger partial charge in [0.2, 0.25) is 0 Å². The monoisotopic (exact) mass is 359 g/mol. The summed E-state index contributed by atoms with van der Waals surface area (Å²) in [6, 6.07) is 7.89. The number of carbonyl (C=O) groups excluding carboxylic acids is 2. The van der Waals surface area contributed by atoms with Crippen LogP contribution in [0.4, 0.5) is 5.82 Å². The van der Waals surface area contributed by atoms with Gasteiger partial charge in [-0.3, -0.25) is 4.79 Å². The number of aromatic nitrogens is 2. The smallest absolute Gasteiger partial charge is 0.338 e. The third-order valence-corrected chi connectivity index (χ3v) is 3.68. The molecule has 3 aromatic rings. The molecule has 2 aromatic heterocycles. The number of rotatable bonds is 5. The van der Waals surface area contributed by atoms with Crippen molar-refractivity contribution >= 4 is 40.4 Å². The molecular formula is C17H14ClN3O4. The van der Waals surface area contributed by atoms with Gasteiger partial charge in [0, 0.05) is 6.20 Å². The Morgan fingerprint density at radius 3 is 2.84 bits per heavy atom. The van der Waals surface area contributed by atoms with E-state index in [0.717, 1.165) is 0 Å². The van der Waals surface area contributed by atoms with Crippen LogP contribution in [0.3, 0.4) is 0 Å². The number of anilines is 1. The van der Waals surface area contributed by atoms with E-state index < -0.39 is 18.0 Å². The van der Waals surface area contributed by atoms with E-state index in [1.165, 1.54) is 12.6 Å². The first kappa shape index (κ1) is 16.9. The minimum absolute atomic E-state index is 0.289. The van der Waals surface area contributed by atoms with Crippen LogP contribution >= 0.6 is 11.6 Å². The molecule has 0 spiro atoms. The van der Waals surface area contributed by atoms with Gasteiger partial charge in [0.05, 0.1) is 10.6 Å². The third kappa shape index (κ3) is 3.95. The second-order valence-corrected chi connectivity index (χ2v) is 5.62. The van der Waals surface area contributed by atoms with Gasteiger partial charge in [-0.25, -0.2) is 14.8 Å². The highest BCUT2D eigenvalue weighted by molar-refractivity contribution is 6.30. The van der Waals surface area contributed by atoms with Gasteiger partial charge in [0.25, 0.3) is 5.91 Å². The molecule has 7 nitrogen and oxygen atoms in total. The number of hydrogen-bond acceptors (Lipinski definition) is 6. The fourth-order valence-electron chi connectivity index (χ4n) is 2.16. The van der Waals surface area contributed by atoms with E-state index in [4.69, 9.17) is 20.8 Å². The van der Waals surface area contributed by atoms with Crippen molar-refractivity contribution in [2.75, 3.05) is 5.32 Å². The fraction of sp³-hybridized carbons (Fsp3) is 0.176. The molecule has 0 saturated heterocycles. The van der Waals surface area contributed by atoms with Gasteiger partial charge >= 0.3 is 5.97 Å². The van der Waals surface area contributed by atoms with Crippen molar-refractivity contribution in [3.8, 4) is 0 Å². The Bertz CT molecular complexity index is 908. The van der Waals surface area contributed by atoms with Gasteiger partial charge in [0.1, 0.15) is 11.3 Å². The zero-order valence-corrected chi connectivity index (χ0v) is 14.0. The van der Waals surface area contributed by atoms with Gasteiger partial charge in [-0.2, -0.15) is 0 Å². The molecule has 0 bridgehead atoms. The Kier molecular flexibility index (Phi) is 4.95. The lowest BCUT2D eigenvalue weighted by Crippen LogP contribution is -2.32. The van der Waals surface area contributed by atoms with E-state index in [1.54, 1.807) is 37.3 Å². The first-order valence-electron chi connectivity index (χ1n) is 7.53. The molecule has 0 aliphatic heterocycles. The lowest BCUT2D eigenvalue weighted by Gasteiger charge is -2.15. The Hall–Kier alpha value is -2.93. The first-order chi connectivity index (χ1) is 12.1. The zero-order chi connectivity index (χ0) is 17.8. The van der Waals surface area contributed by atoms with Crippen LogP contribution in [-0.2, 0) is 9.53 Å². The van der Waals surface area contributed by atoms with E-state index in [9.17, 15) is 9.59 Å².